The van der Waals surface area contributed by atoms with Crippen LogP contribution < -0.4 is 20.1 Å². The maximum absolute atomic E-state index is 16.7. The molecule has 0 bridgehead atoms. The molecule has 362 valence electrons. The van der Waals surface area contributed by atoms with E-state index in [2.05, 4.69) is 26.6 Å². The van der Waals surface area contributed by atoms with Crippen molar-refractivity contribution in [2.45, 2.75) is 69.0 Å². The Bertz CT molecular complexity index is 2850. The SMILES string of the molecule is COc1ccc(C[C@H](NC(=O)OC(C)(C)C)C(=O)OCc2ccccc2)cc1C1(C(=O)[C@@H](COCc2ccccc2)NC(c2ccccc2)(c2ccccc2)c2ccccc2)C(=O)Oc2c(Br)cccc21. The largest absolute Gasteiger partial charge is 0.496 e. The highest BCUT2D eigenvalue weighted by atomic mass is 79.9. The van der Waals surface area contributed by atoms with E-state index < -0.39 is 52.5 Å². The van der Waals surface area contributed by atoms with Gasteiger partial charge in [-0.15, -0.1) is 0 Å². The number of ketones is 1. The summed E-state index contributed by atoms with van der Waals surface area (Å²) in [6, 6.07) is 56.0. The number of para-hydroxylation sites is 1. The van der Waals surface area contributed by atoms with Gasteiger partial charge in [-0.3, -0.25) is 10.1 Å². The molecule has 1 aliphatic rings. The summed E-state index contributed by atoms with van der Waals surface area (Å²) in [6.45, 7) is 5.07. The van der Waals surface area contributed by atoms with Crippen LogP contribution in [0, 0.1) is 0 Å². The van der Waals surface area contributed by atoms with E-state index in [1.165, 1.54) is 7.11 Å². The first-order chi connectivity index (χ1) is 34.3. The number of hydrogen-bond donors (Lipinski definition) is 2. The second-order valence-electron chi connectivity index (χ2n) is 18.2. The molecule has 7 aromatic carbocycles. The summed E-state index contributed by atoms with van der Waals surface area (Å²) in [7, 11) is 1.45. The van der Waals surface area contributed by atoms with Crippen molar-refractivity contribution < 1.29 is 42.9 Å². The van der Waals surface area contributed by atoms with Gasteiger partial charge >= 0.3 is 18.0 Å². The fourth-order valence-corrected chi connectivity index (χ4v) is 9.53. The van der Waals surface area contributed by atoms with Crippen LogP contribution in [0.25, 0.3) is 0 Å². The van der Waals surface area contributed by atoms with Crippen molar-refractivity contribution >= 4 is 39.7 Å². The van der Waals surface area contributed by atoms with Gasteiger partial charge in [0.15, 0.2) is 11.2 Å². The lowest BCUT2D eigenvalue weighted by Crippen LogP contribution is -2.60. The molecule has 0 aromatic heterocycles. The number of amides is 1. The minimum absolute atomic E-state index is 0.0493. The van der Waals surface area contributed by atoms with Gasteiger partial charge in [0.25, 0.3) is 0 Å². The van der Waals surface area contributed by atoms with Gasteiger partial charge in [0.2, 0.25) is 0 Å². The Morgan fingerprint density at radius 2 is 1.17 bits per heavy atom. The van der Waals surface area contributed by atoms with E-state index in [1.807, 2.05) is 152 Å². The van der Waals surface area contributed by atoms with Crippen molar-refractivity contribution in [3.05, 3.63) is 237 Å². The summed E-state index contributed by atoms with van der Waals surface area (Å²) >= 11 is 3.60. The van der Waals surface area contributed by atoms with Gasteiger partial charge in [-0.2, -0.15) is 0 Å². The average molecular weight is 1020 g/mol. The van der Waals surface area contributed by atoms with E-state index >= 15 is 9.59 Å². The first kappa shape index (κ1) is 50.0. The number of methoxy groups -OCH3 is 1. The summed E-state index contributed by atoms with van der Waals surface area (Å²) in [6.07, 6.45) is -0.962. The number of carbonyl (C=O) groups excluding carboxylic acids is 4. The van der Waals surface area contributed by atoms with Gasteiger partial charge in [0.1, 0.15) is 29.7 Å². The van der Waals surface area contributed by atoms with Crippen LogP contribution in [0.15, 0.2) is 193 Å². The van der Waals surface area contributed by atoms with Crippen LogP contribution in [0.3, 0.4) is 0 Å². The molecule has 1 aliphatic heterocycles. The number of benzene rings is 7. The minimum Gasteiger partial charge on any atom is -0.496 e. The maximum Gasteiger partial charge on any atom is 0.408 e. The summed E-state index contributed by atoms with van der Waals surface area (Å²) in [5.41, 5.74) is 0.712. The Morgan fingerprint density at radius 1 is 0.634 bits per heavy atom. The van der Waals surface area contributed by atoms with Crippen molar-refractivity contribution in [1.29, 1.82) is 0 Å². The number of Topliss-reactive ketones (excluding diaryl/α,β-unsaturated/α-hetero) is 1. The molecule has 1 amide bonds. The van der Waals surface area contributed by atoms with Crippen LogP contribution in [0.4, 0.5) is 4.79 Å². The second kappa shape index (κ2) is 22.1. The molecular formula is C59H55BrN2O9. The van der Waals surface area contributed by atoms with Crippen LogP contribution >= 0.6 is 15.9 Å². The summed E-state index contributed by atoms with van der Waals surface area (Å²) in [5.74, 6) is -1.83. The van der Waals surface area contributed by atoms with Gasteiger partial charge in [0.05, 0.1) is 36.4 Å². The Balaban J connectivity index is 1.30. The van der Waals surface area contributed by atoms with Crippen LogP contribution in [-0.4, -0.2) is 55.2 Å². The number of nitrogens with one attached hydrogen (secondary N) is 2. The van der Waals surface area contributed by atoms with Crippen molar-refractivity contribution in [2.24, 2.45) is 0 Å². The van der Waals surface area contributed by atoms with Gasteiger partial charge in [-0.05, 0) is 82.2 Å². The third-order valence-corrected chi connectivity index (χ3v) is 12.9. The van der Waals surface area contributed by atoms with Crippen molar-refractivity contribution in [3.8, 4) is 11.5 Å². The number of alkyl carbamates (subject to hydrolysis) is 1. The second-order valence-corrected chi connectivity index (χ2v) is 19.1. The smallest absolute Gasteiger partial charge is 0.408 e. The van der Waals surface area contributed by atoms with Crippen LogP contribution in [-0.2, 0) is 59.2 Å². The Morgan fingerprint density at radius 3 is 1.70 bits per heavy atom. The summed E-state index contributed by atoms with van der Waals surface area (Å²) in [5, 5.41) is 6.56. The third kappa shape index (κ3) is 11.0. The molecule has 7 aromatic rings. The lowest BCUT2D eigenvalue weighted by atomic mass is 9.68. The zero-order valence-electron chi connectivity index (χ0n) is 39.9. The summed E-state index contributed by atoms with van der Waals surface area (Å²) < 4.78 is 30.6. The molecule has 12 heteroatoms. The number of ether oxygens (including phenoxy) is 5. The van der Waals surface area contributed by atoms with Gasteiger partial charge < -0.3 is 29.0 Å². The fraction of sp³-hybridized carbons (Fsp3) is 0.220. The monoisotopic (exact) mass is 1010 g/mol. The number of hydrogen-bond acceptors (Lipinski definition) is 10. The van der Waals surface area contributed by atoms with Gasteiger partial charge in [-0.25, -0.2) is 14.4 Å². The molecule has 0 aliphatic carbocycles. The van der Waals surface area contributed by atoms with Crippen molar-refractivity contribution in [3.63, 3.8) is 0 Å². The molecule has 0 fully saturated rings. The molecule has 0 saturated heterocycles. The zero-order valence-corrected chi connectivity index (χ0v) is 41.5. The topological polar surface area (TPSA) is 138 Å². The highest BCUT2D eigenvalue weighted by Crippen LogP contribution is 2.52. The highest BCUT2D eigenvalue weighted by Gasteiger charge is 2.60. The summed E-state index contributed by atoms with van der Waals surface area (Å²) in [4.78, 5) is 59.5. The molecule has 8 rings (SSSR count). The number of carbonyl (C=O) groups is 4. The molecular weight excluding hydrogens is 961 g/mol. The number of fused-ring (bicyclic) bond motifs is 1. The molecule has 71 heavy (non-hydrogen) atoms. The molecule has 1 unspecified atom stereocenters. The highest BCUT2D eigenvalue weighted by molar-refractivity contribution is 9.10. The lowest BCUT2D eigenvalue weighted by molar-refractivity contribution is -0.147. The molecule has 0 saturated carbocycles. The van der Waals surface area contributed by atoms with E-state index in [4.69, 9.17) is 23.7 Å². The lowest BCUT2D eigenvalue weighted by Gasteiger charge is -2.41. The Hall–Kier alpha value is -7.38. The predicted molar refractivity (Wildman–Crippen MR) is 274 cm³/mol. The Labute approximate surface area is 422 Å². The van der Waals surface area contributed by atoms with Crippen molar-refractivity contribution in [1.82, 2.24) is 10.6 Å². The van der Waals surface area contributed by atoms with E-state index in [0.717, 1.165) is 27.8 Å². The Kier molecular flexibility index (Phi) is 15.6. The number of halogens is 1. The van der Waals surface area contributed by atoms with E-state index in [-0.39, 0.29) is 48.9 Å². The first-order valence-corrected chi connectivity index (χ1v) is 24.1. The minimum atomic E-state index is -2.20. The standard InChI is InChI=1S/C59H55BrN2O9/c1-57(2,3)71-56(66)61-49(54(64)69-38-41-23-12-6-13-24-41)36-42-33-34-51(67-4)47(35-42)58(46-31-20-32-48(60)52(46)70-55(58)65)53(63)50(39-68-37-40-21-10-5-11-22-40)62-59(43-25-14-7-15-26-43,44-27-16-8-17-28-44)45-29-18-9-19-30-45/h5-35,49-50,62H,36-39H2,1-4H3,(H,61,66)/t49-,50+,58?/m0/s1. The predicted octanol–water partition coefficient (Wildman–Crippen LogP) is 10.6. The number of rotatable bonds is 19. The van der Waals surface area contributed by atoms with Crippen LogP contribution in [0.1, 0.15) is 65.3 Å². The average Bonchev–Trinajstić information content (AvgIpc) is 3.70. The van der Waals surface area contributed by atoms with Gasteiger partial charge in [0, 0.05) is 17.5 Å². The van der Waals surface area contributed by atoms with E-state index in [1.54, 1.807) is 57.2 Å². The third-order valence-electron chi connectivity index (χ3n) is 12.3. The molecule has 11 nitrogen and oxygen atoms in total. The van der Waals surface area contributed by atoms with Crippen LogP contribution in [0.2, 0.25) is 0 Å². The van der Waals surface area contributed by atoms with Crippen molar-refractivity contribution in [2.75, 3.05) is 13.7 Å². The quantitative estimate of drug-likeness (QED) is 0.0348. The molecule has 2 N–H and O–H groups in total. The normalized spacial score (nSPS) is 15.1. The number of esters is 2. The molecule has 0 radical (unpaired) electrons. The zero-order chi connectivity index (χ0) is 50.0. The fourth-order valence-electron chi connectivity index (χ4n) is 9.08. The molecule has 3 atom stereocenters. The van der Waals surface area contributed by atoms with E-state index in [9.17, 15) is 9.59 Å². The maximum atomic E-state index is 16.7. The van der Waals surface area contributed by atoms with Crippen LogP contribution in [0.5, 0.6) is 11.5 Å². The van der Waals surface area contributed by atoms with Gasteiger partial charge in [-0.1, -0.05) is 176 Å². The molecule has 1 heterocycles. The molecule has 0 spiro atoms. The first-order valence-electron chi connectivity index (χ1n) is 23.3. The van der Waals surface area contributed by atoms with E-state index in [0.29, 0.717) is 10.0 Å².